The highest BCUT2D eigenvalue weighted by Crippen LogP contribution is 2.30. The van der Waals surface area contributed by atoms with E-state index in [1.54, 1.807) is 19.1 Å². The van der Waals surface area contributed by atoms with Crippen LogP contribution in [-0.2, 0) is 9.53 Å². The largest absolute Gasteiger partial charge is 0.486 e. The summed E-state index contributed by atoms with van der Waals surface area (Å²) in [6.45, 7) is 1.24. The van der Waals surface area contributed by atoms with Crippen LogP contribution in [0, 0.1) is 22.9 Å². The fourth-order valence-corrected chi connectivity index (χ4v) is 2.39. The Morgan fingerprint density at radius 3 is 2.68 bits per heavy atom. The maximum atomic E-state index is 13.2. The van der Waals surface area contributed by atoms with Crippen LogP contribution >= 0.6 is 0 Å². The van der Waals surface area contributed by atoms with Gasteiger partial charge in [-0.05, 0) is 19.3 Å². The van der Waals surface area contributed by atoms with Crippen molar-refractivity contribution >= 4 is 12.7 Å². The third kappa shape index (κ3) is 3.64. The highest BCUT2D eigenvalue weighted by atomic mass is 19.1. The van der Waals surface area contributed by atoms with Crippen molar-refractivity contribution in [3.8, 4) is 11.7 Å². The van der Waals surface area contributed by atoms with E-state index in [2.05, 4.69) is 5.97 Å². The molecule has 0 spiro atoms. The van der Waals surface area contributed by atoms with E-state index in [9.17, 15) is 18.8 Å². The van der Waals surface area contributed by atoms with Crippen LogP contribution in [0.3, 0.4) is 0 Å². The zero-order valence-corrected chi connectivity index (χ0v) is 12.0. The molecule has 1 aliphatic rings. The fourth-order valence-electron chi connectivity index (χ4n) is 2.39. The molecule has 2 atom stereocenters. The van der Waals surface area contributed by atoms with Crippen LogP contribution in [0.4, 0.5) is 8.78 Å². The molecule has 22 heavy (non-hydrogen) atoms. The molecule has 0 saturated carbocycles. The number of esters is 1. The van der Waals surface area contributed by atoms with Crippen LogP contribution in [0.1, 0.15) is 6.92 Å². The van der Waals surface area contributed by atoms with Crippen LogP contribution in [0.5, 0.6) is 5.75 Å². The summed E-state index contributed by atoms with van der Waals surface area (Å²) in [6.07, 6.45) is 2.91. The summed E-state index contributed by atoms with van der Waals surface area (Å²) < 4.78 is 36.9. The number of rotatable bonds is 4. The van der Waals surface area contributed by atoms with Crippen molar-refractivity contribution in [2.45, 2.75) is 25.2 Å². The summed E-state index contributed by atoms with van der Waals surface area (Å²) in [5.41, 5.74) is 0. The van der Waals surface area contributed by atoms with Gasteiger partial charge in [-0.15, -0.1) is 0 Å². The van der Waals surface area contributed by atoms with E-state index in [1.165, 1.54) is 0 Å². The zero-order chi connectivity index (χ0) is 16.1. The monoisotopic (exact) mass is 305 g/mol. The zero-order valence-electron chi connectivity index (χ0n) is 12.0. The number of carbonyl (C=O) groups excluding carboxylic acids is 1. The van der Waals surface area contributed by atoms with Crippen molar-refractivity contribution in [2.24, 2.45) is 0 Å². The molecular weight excluding hydrogens is 291 g/mol. The first-order chi connectivity index (χ1) is 10.5. The average Bonchev–Trinajstić information content (AvgIpc) is 2.46. The van der Waals surface area contributed by atoms with Crippen LogP contribution in [0.15, 0.2) is 30.4 Å². The Morgan fingerprint density at radius 2 is 2.09 bits per heavy atom. The molecule has 1 aromatic rings. The molecule has 0 aliphatic carbocycles. The molecule has 0 bridgehead atoms. The standard InChI is InChI=1S/C15H14BF2NO3/c1-2-21-15(20)14-13(4-3-5-16(14)9-19)22-12-7-10(17)6-11(18)8-12/h3-4,6-8,13-14H,2,5H2,1H3. The molecule has 0 fully saturated rings. The first-order valence-electron chi connectivity index (χ1n) is 6.90. The molecule has 7 heteroatoms. The summed E-state index contributed by atoms with van der Waals surface area (Å²) in [7, 11) is 0. The number of hydrogen-bond donors (Lipinski definition) is 0. The summed E-state index contributed by atoms with van der Waals surface area (Å²) in [5.74, 6) is -0.934. The van der Waals surface area contributed by atoms with Gasteiger partial charge >= 0.3 is 5.97 Å². The Hall–Kier alpha value is -2.36. The molecule has 2 unspecified atom stereocenters. The number of halogens is 2. The number of benzene rings is 1. The Morgan fingerprint density at radius 1 is 1.41 bits per heavy atom. The number of hydrogen-bond acceptors (Lipinski definition) is 4. The smallest absolute Gasteiger partial charge is 0.306 e. The van der Waals surface area contributed by atoms with Gasteiger partial charge in [0.15, 0.2) is 0 Å². The second-order valence-corrected chi connectivity index (χ2v) is 4.86. The van der Waals surface area contributed by atoms with Gasteiger partial charge in [0.25, 0.3) is 6.71 Å². The normalized spacial score (nSPS) is 20.4. The van der Waals surface area contributed by atoms with Crippen molar-refractivity contribution < 1.29 is 23.0 Å². The van der Waals surface area contributed by atoms with Crippen molar-refractivity contribution in [1.82, 2.24) is 0 Å². The molecule has 0 aromatic heterocycles. The second-order valence-electron chi connectivity index (χ2n) is 4.86. The van der Waals surface area contributed by atoms with Gasteiger partial charge in [0.2, 0.25) is 0 Å². The SMILES string of the molecule is CCOC(=O)C1B(C#N)CC=CC1Oc1cc(F)cc(F)c1. The molecule has 2 rings (SSSR count). The van der Waals surface area contributed by atoms with Crippen molar-refractivity contribution in [3.05, 3.63) is 42.0 Å². The summed E-state index contributed by atoms with van der Waals surface area (Å²) in [4.78, 5) is 12.1. The maximum Gasteiger partial charge on any atom is 0.306 e. The minimum Gasteiger partial charge on any atom is -0.486 e. The van der Waals surface area contributed by atoms with E-state index < -0.39 is 36.2 Å². The number of allylic oxidation sites excluding steroid dienone is 1. The lowest BCUT2D eigenvalue weighted by molar-refractivity contribution is -0.144. The van der Waals surface area contributed by atoms with Gasteiger partial charge in [0.05, 0.1) is 12.4 Å². The van der Waals surface area contributed by atoms with E-state index >= 15 is 0 Å². The van der Waals surface area contributed by atoms with Gasteiger partial charge in [0, 0.05) is 24.2 Å². The topological polar surface area (TPSA) is 59.3 Å². The molecule has 4 nitrogen and oxygen atoms in total. The van der Waals surface area contributed by atoms with E-state index in [-0.39, 0.29) is 12.4 Å². The fraction of sp³-hybridized carbons (Fsp3) is 0.333. The van der Waals surface area contributed by atoms with E-state index in [0.717, 1.165) is 18.2 Å². The highest BCUT2D eigenvalue weighted by molar-refractivity contribution is 6.72. The third-order valence-corrected chi connectivity index (χ3v) is 3.34. The van der Waals surface area contributed by atoms with Crippen LogP contribution in [0.25, 0.3) is 0 Å². The predicted octanol–water partition coefficient (Wildman–Crippen LogP) is 2.77. The lowest BCUT2D eigenvalue weighted by atomic mass is 9.37. The van der Waals surface area contributed by atoms with Crippen LogP contribution in [0.2, 0.25) is 12.1 Å². The van der Waals surface area contributed by atoms with Crippen molar-refractivity contribution in [3.63, 3.8) is 0 Å². The molecular formula is C15H14BF2NO3. The summed E-state index contributed by atoms with van der Waals surface area (Å²) in [6, 6.07) is 2.77. The third-order valence-electron chi connectivity index (χ3n) is 3.34. The quantitative estimate of drug-likeness (QED) is 0.487. The lowest BCUT2D eigenvalue weighted by Gasteiger charge is -2.28. The van der Waals surface area contributed by atoms with Gasteiger partial charge in [-0.2, -0.15) is 0 Å². The Bertz CT molecular complexity index is 609. The second kappa shape index (κ2) is 7.07. The van der Waals surface area contributed by atoms with E-state index in [1.807, 2.05) is 0 Å². The lowest BCUT2D eigenvalue weighted by Crippen LogP contribution is -2.40. The van der Waals surface area contributed by atoms with Gasteiger partial charge in [-0.25, -0.2) is 14.0 Å². The first-order valence-corrected chi connectivity index (χ1v) is 6.90. The minimum absolute atomic E-state index is 0.0416. The average molecular weight is 305 g/mol. The highest BCUT2D eigenvalue weighted by Gasteiger charge is 2.42. The van der Waals surface area contributed by atoms with Gasteiger partial charge in [0.1, 0.15) is 23.5 Å². The number of nitriles is 1. The van der Waals surface area contributed by atoms with Crippen molar-refractivity contribution in [1.29, 1.82) is 5.26 Å². The number of nitrogens with zero attached hydrogens (tertiary/aromatic N) is 1. The summed E-state index contributed by atoms with van der Waals surface area (Å²) >= 11 is 0. The van der Waals surface area contributed by atoms with Gasteiger partial charge in [-0.3, -0.25) is 4.79 Å². The molecule has 0 radical (unpaired) electrons. The van der Waals surface area contributed by atoms with E-state index in [0.29, 0.717) is 6.32 Å². The molecule has 114 valence electrons. The Balaban J connectivity index is 2.25. The number of ether oxygens (including phenoxy) is 2. The molecule has 1 aromatic carbocycles. The predicted molar refractivity (Wildman–Crippen MR) is 76.5 cm³/mol. The van der Waals surface area contributed by atoms with Gasteiger partial charge < -0.3 is 9.47 Å². The van der Waals surface area contributed by atoms with Gasteiger partial charge in [-0.1, -0.05) is 6.08 Å². The maximum absolute atomic E-state index is 13.2. The minimum atomic E-state index is -0.832. The molecule has 1 aliphatic heterocycles. The molecule has 0 amide bonds. The van der Waals surface area contributed by atoms with E-state index in [4.69, 9.17) is 9.47 Å². The molecule has 0 N–H and O–H groups in total. The first kappa shape index (κ1) is 16.0. The Kier molecular flexibility index (Phi) is 5.15. The Labute approximate surface area is 127 Å². The summed E-state index contributed by atoms with van der Waals surface area (Å²) in [5, 5.41) is 9.18. The van der Waals surface area contributed by atoms with Crippen LogP contribution in [-0.4, -0.2) is 25.4 Å². The van der Waals surface area contributed by atoms with Crippen LogP contribution < -0.4 is 4.74 Å². The number of carbonyl (C=O) groups is 1. The molecule has 1 heterocycles. The van der Waals surface area contributed by atoms with Crippen molar-refractivity contribution in [2.75, 3.05) is 6.61 Å². The molecule has 0 saturated heterocycles.